The summed E-state index contributed by atoms with van der Waals surface area (Å²) in [6, 6.07) is 15.8. The number of nitrogens with one attached hydrogen (secondary N) is 2. The Labute approximate surface area is 195 Å². The van der Waals surface area contributed by atoms with Gasteiger partial charge < -0.3 is 20.3 Å². The number of rotatable bonds is 10. The van der Waals surface area contributed by atoms with Gasteiger partial charge in [-0.1, -0.05) is 50.2 Å². The highest BCUT2D eigenvalue weighted by atomic mass is 19.1. The van der Waals surface area contributed by atoms with E-state index in [0.717, 1.165) is 16.6 Å². The van der Waals surface area contributed by atoms with Crippen molar-refractivity contribution in [3.05, 3.63) is 66.4 Å². The number of hydrogen-bond acceptors (Lipinski definition) is 4. The van der Waals surface area contributed by atoms with Crippen molar-refractivity contribution in [1.29, 1.82) is 0 Å². The van der Waals surface area contributed by atoms with Crippen LogP contribution in [0.1, 0.15) is 30.8 Å². The molecule has 8 nitrogen and oxygen atoms in total. The molecule has 0 aliphatic rings. The molecule has 3 rings (SSSR count). The van der Waals surface area contributed by atoms with Crippen LogP contribution in [0.4, 0.5) is 4.39 Å². The highest BCUT2D eigenvalue weighted by molar-refractivity contribution is 6.02. The van der Waals surface area contributed by atoms with Gasteiger partial charge in [0.15, 0.2) is 5.78 Å². The second-order valence-electron chi connectivity index (χ2n) is 8.21. The Morgan fingerprint density at radius 2 is 1.62 bits per heavy atom. The van der Waals surface area contributed by atoms with Crippen LogP contribution in [-0.4, -0.2) is 52.0 Å². The summed E-state index contributed by atoms with van der Waals surface area (Å²) in [4.78, 5) is 49.1. The van der Waals surface area contributed by atoms with Crippen molar-refractivity contribution in [2.24, 2.45) is 5.92 Å². The molecular weight excluding hydrogens is 441 g/mol. The van der Waals surface area contributed by atoms with Crippen LogP contribution in [0, 0.1) is 5.92 Å². The normalized spacial score (nSPS) is 12.8. The van der Waals surface area contributed by atoms with Crippen LogP contribution < -0.4 is 10.6 Å². The number of hydrogen-bond donors (Lipinski definition) is 3. The first-order valence-corrected chi connectivity index (χ1v) is 10.8. The molecule has 0 saturated carbocycles. The molecule has 9 heteroatoms. The molecule has 0 fully saturated rings. The van der Waals surface area contributed by atoms with Gasteiger partial charge >= 0.3 is 5.97 Å². The van der Waals surface area contributed by atoms with E-state index in [1.54, 1.807) is 24.5 Å². The summed E-state index contributed by atoms with van der Waals surface area (Å²) in [5.41, 5.74) is 1.86. The summed E-state index contributed by atoms with van der Waals surface area (Å²) in [6.07, 6.45) is -0.754. The molecule has 1 unspecified atom stereocenters. The van der Waals surface area contributed by atoms with Crippen molar-refractivity contribution in [2.45, 2.75) is 32.4 Å². The quantitative estimate of drug-likeness (QED) is 0.424. The number of para-hydroxylation sites is 2. The van der Waals surface area contributed by atoms with E-state index in [1.807, 2.05) is 54.6 Å². The first-order valence-electron chi connectivity index (χ1n) is 10.8. The van der Waals surface area contributed by atoms with Crippen LogP contribution in [-0.2, 0) is 14.4 Å². The molecule has 1 heterocycles. The standard InChI is InChI=1S/C25H26FN3O5/c1-15(2)23(25(34)27-18(13-22(31)32)21(30)14-26)28-24(33)20-12-16-8-6-7-11-19(16)29(20)17-9-4-3-5-10-17/h3-12,15,18,23H,13-14H2,1-2H3,(H,27,34)(H,28,33)(H,31,32)/t18?,23-/m0/s1. The number of benzene rings is 2. The predicted octanol–water partition coefficient (Wildman–Crippen LogP) is 2.88. The lowest BCUT2D eigenvalue weighted by Gasteiger charge is -2.24. The molecular formula is C25H26FN3O5. The fraction of sp³-hybridized carbons (Fsp3) is 0.280. The number of nitrogens with zero attached hydrogens (tertiary/aromatic N) is 1. The number of carboxylic acid groups (broad SMARTS) is 1. The molecule has 2 amide bonds. The van der Waals surface area contributed by atoms with E-state index in [4.69, 9.17) is 5.11 Å². The Morgan fingerprint density at radius 1 is 0.971 bits per heavy atom. The maximum Gasteiger partial charge on any atom is 0.305 e. The molecule has 0 saturated heterocycles. The topological polar surface area (TPSA) is 118 Å². The fourth-order valence-electron chi connectivity index (χ4n) is 3.70. The molecule has 1 aromatic heterocycles. The van der Waals surface area contributed by atoms with Crippen molar-refractivity contribution in [2.75, 3.05) is 6.67 Å². The van der Waals surface area contributed by atoms with Gasteiger partial charge in [-0.15, -0.1) is 0 Å². The summed E-state index contributed by atoms with van der Waals surface area (Å²) < 4.78 is 14.6. The number of aliphatic carboxylic acids is 1. The van der Waals surface area contributed by atoms with Gasteiger partial charge in [-0.3, -0.25) is 19.2 Å². The molecule has 0 radical (unpaired) electrons. The third-order valence-corrected chi connectivity index (χ3v) is 5.41. The van der Waals surface area contributed by atoms with Crippen molar-refractivity contribution in [3.8, 4) is 5.69 Å². The largest absolute Gasteiger partial charge is 0.481 e. The Bertz CT molecular complexity index is 1210. The van der Waals surface area contributed by atoms with Gasteiger partial charge in [-0.25, -0.2) is 4.39 Å². The third kappa shape index (κ3) is 5.48. The maximum absolute atomic E-state index is 13.3. The van der Waals surface area contributed by atoms with E-state index in [2.05, 4.69) is 10.6 Å². The van der Waals surface area contributed by atoms with Crippen molar-refractivity contribution >= 4 is 34.5 Å². The lowest BCUT2D eigenvalue weighted by atomic mass is 10.0. The van der Waals surface area contributed by atoms with Gasteiger partial charge in [-0.2, -0.15) is 0 Å². The molecule has 0 aliphatic heterocycles. The minimum absolute atomic E-state index is 0.299. The minimum Gasteiger partial charge on any atom is -0.481 e. The van der Waals surface area contributed by atoms with E-state index in [-0.39, 0.29) is 0 Å². The number of fused-ring (bicyclic) bond motifs is 1. The fourth-order valence-corrected chi connectivity index (χ4v) is 3.70. The minimum atomic E-state index is -1.52. The zero-order chi connectivity index (χ0) is 24.8. The van der Waals surface area contributed by atoms with Crippen LogP contribution >= 0.6 is 0 Å². The molecule has 3 aromatic rings. The Hall–Kier alpha value is -4.01. The number of ketones is 1. The smallest absolute Gasteiger partial charge is 0.305 e. The summed E-state index contributed by atoms with van der Waals surface area (Å²) in [7, 11) is 0. The average molecular weight is 467 g/mol. The maximum atomic E-state index is 13.3. The van der Waals surface area contributed by atoms with Gasteiger partial charge in [0, 0.05) is 11.1 Å². The Balaban J connectivity index is 1.91. The van der Waals surface area contributed by atoms with Crippen molar-refractivity contribution in [1.82, 2.24) is 15.2 Å². The first kappa shape index (κ1) is 24.6. The van der Waals surface area contributed by atoms with Crippen LogP contribution in [0.3, 0.4) is 0 Å². The average Bonchev–Trinajstić information content (AvgIpc) is 3.21. The predicted molar refractivity (Wildman–Crippen MR) is 125 cm³/mol. The van der Waals surface area contributed by atoms with E-state index in [9.17, 15) is 23.6 Å². The second-order valence-corrected chi connectivity index (χ2v) is 8.21. The molecule has 0 aliphatic carbocycles. The van der Waals surface area contributed by atoms with Crippen LogP contribution in [0.25, 0.3) is 16.6 Å². The highest BCUT2D eigenvalue weighted by Crippen LogP contribution is 2.24. The Kier molecular flexibility index (Phi) is 7.78. The van der Waals surface area contributed by atoms with Crippen LogP contribution in [0.5, 0.6) is 0 Å². The molecule has 0 bridgehead atoms. The number of Topliss-reactive ketones (excluding diaryl/α,β-unsaturated/α-hetero) is 1. The molecule has 178 valence electrons. The van der Waals surface area contributed by atoms with Crippen molar-refractivity contribution < 1.29 is 28.7 Å². The van der Waals surface area contributed by atoms with Crippen LogP contribution in [0.2, 0.25) is 0 Å². The zero-order valence-electron chi connectivity index (χ0n) is 18.8. The first-order chi connectivity index (χ1) is 16.2. The summed E-state index contributed by atoms with van der Waals surface area (Å²) in [5, 5.41) is 14.8. The van der Waals surface area contributed by atoms with Gasteiger partial charge in [0.05, 0.1) is 11.9 Å². The molecule has 2 aromatic carbocycles. The monoisotopic (exact) mass is 467 g/mol. The molecule has 34 heavy (non-hydrogen) atoms. The van der Waals surface area contributed by atoms with Gasteiger partial charge in [0.2, 0.25) is 5.91 Å². The lowest BCUT2D eigenvalue weighted by Crippen LogP contribution is -2.54. The number of amides is 2. The van der Waals surface area contributed by atoms with Crippen molar-refractivity contribution in [3.63, 3.8) is 0 Å². The molecule has 3 N–H and O–H groups in total. The summed E-state index contributed by atoms with van der Waals surface area (Å²) in [6.45, 7) is 1.98. The van der Waals surface area contributed by atoms with E-state index >= 15 is 0 Å². The number of carboxylic acids is 1. The number of carbonyl (C=O) groups is 4. The number of alkyl halides is 1. The second kappa shape index (κ2) is 10.7. The lowest BCUT2D eigenvalue weighted by molar-refractivity contribution is -0.140. The van der Waals surface area contributed by atoms with E-state index < -0.39 is 54.7 Å². The van der Waals surface area contributed by atoms with E-state index in [1.165, 1.54) is 0 Å². The summed E-state index contributed by atoms with van der Waals surface area (Å²) in [5.74, 6) is -4.10. The number of aromatic nitrogens is 1. The Morgan fingerprint density at radius 3 is 2.24 bits per heavy atom. The molecule has 2 atom stereocenters. The van der Waals surface area contributed by atoms with E-state index in [0.29, 0.717) is 5.69 Å². The van der Waals surface area contributed by atoms with Gasteiger partial charge in [-0.05, 0) is 30.2 Å². The van der Waals surface area contributed by atoms with Crippen LogP contribution in [0.15, 0.2) is 60.7 Å². The SMILES string of the molecule is CC(C)[C@H](NC(=O)c1cc2ccccc2n1-c1ccccc1)C(=O)NC(CC(=O)O)C(=O)CF. The zero-order valence-corrected chi connectivity index (χ0v) is 18.8. The molecule has 0 spiro atoms. The number of halogens is 1. The summed E-state index contributed by atoms with van der Waals surface area (Å²) >= 11 is 0. The highest BCUT2D eigenvalue weighted by Gasteiger charge is 2.31. The van der Waals surface area contributed by atoms with Gasteiger partial charge in [0.25, 0.3) is 5.91 Å². The third-order valence-electron chi connectivity index (χ3n) is 5.41. The van der Waals surface area contributed by atoms with Gasteiger partial charge in [0.1, 0.15) is 24.5 Å². The number of carbonyl (C=O) groups excluding carboxylic acids is 3.